The summed E-state index contributed by atoms with van der Waals surface area (Å²) in [7, 11) is 0. The van der Waals surface area contributed by atoms with Crippen LogP contribution in [-0.4, -0.2) is 44.4 Å². The van der Waals surface area contributed by atoms with Crippen LogP contribution < -0.4 is 10.2 Å². The Kier molecular flexibility index (Phi) is 5.49. The van der Waals surface area contributed by atoms with Crippen LogP contribution in [0.1, 0.15) is 24.6 Å². The van der Waals surface area contributed by atoms with Gasteiger partial charge in [0.2, 0.25) is 11.8 Å². The number of amides is 2. The smallest absolute Gasteiger partial charge is 0.325 e. The Morgan fingerprint density at radius 3 is 2.85 bits per heavy atom. The molecule has 1 fully saturated rings. The highest BCUT2D eigenvalue weighted by Crippen LogP contribution is 2.28. The third-order valence-corrected chi connectivity index (χ3v) is 4.49. The summed E-state index contributed by atoms with van der Waals surface area (Å²) in [6.45, 7) is 2.22. The minimum Gasteiger partial charge on any atom is -0.480 e. The van der Waals surface area contributed by atoms with Crippen molar-refractivity contribution in [2.45, 2.75) is 32.9 Å². The number of aromatic nitrogens is 3. The summed E-state index contributed by atoms with van der Waals surface area (Å²) < 4.78 is 1.19. The molecule has 27 heavy (non-hydrogen) atoms. The summed E-state index contributed by atoms with van der Waals surface area (Å²) in [5.74, 6) is -1.75. The number of benzene rings is 1. The molecule has 0 radical (unpaired) electrons. The highest BCUT2D eigenvalue weighted by Gasteiger charge is 2.35. The first kappa shape index (κ1) is 18.6. The normalized spacial score (nSPS) is 16.6. The zero-order valence-electron chi connectivity index (χ0n) is 15.0. The monoisotopic (exact) mass is 371 g/mol. The molecule has 2 heterocycles. The molecule has 1 aromatic carbocycles. The van der Waals surface area contributed by atoms with Gasteiger partial charge in [-0.15, -0.1) is 5.10 Å². The maximum Gasteiger partial charge on any atom is 0.325 e. The van der Waals surface area contributed by atoms with Gasteiger partial charge in [-0.25, -0.2) is 4.68 Å². The number of para-hydroxylation sites is 1. The Hall–Kier alpha value is -3.23. The van der Waals surface area contributed by atoms with Gasteiger partial charge in [0.1, 0.15) is 12.2 Å². The number of nitrogens with zero attached hydrogens (tertiary/aromatic N) is 4. The average Bonchev–Trinajstić information content (AvgIpc) is 3.25. The Morgan fingerprint density at radius 1 is 1.33 bits per heavy atom. The average molecular weight is 371 g/mol. The summed E-state index contributed by atoms with van der Waals surface area (Å²) in [4.78, 5) is 37.2. The molecule has 0 spiro atoms. The Morgan fingerprint density at radius 2 is 2.11 bits per heavy atom. The van der Waals surface area contributed by atoms with Crippen LogP contribution in [0.2, 0.25) is 0 Å². The topological polar surface area (TPSA) is 117 Å². The molecule has 1 saturated heterocycles. The summed E-state index contributed by atoms with van der Waals surface area (Å²) in [5.41, 5.74) is 2.39. The molecule has 3 rings (SSSR count). The third-order valence-electron chi connectivity index (χ3n) is 4.49. The van der Waals surface area contributed by atoms with Crippen LogP contribution in [0, 0.1) is 5.92 Å². The number of aryl methyl sites for hydroxylation is 1. The van der Waals surface area contributed by atoms with E-state index >= 15 is 0 Å². The van der Waals surface area contributed by atoms with Crippen molar-refractivity contribution >= 4 is 23.5 Å². The van der Waals surface area contributed by atoms with Crippen molar-refractivity contribution < 1.29 is 19.5 Å². The van der Waals surface area contributed by atoms with Gasteiger partial charge >= 0.3 is 5.97 Å². The van der Waals surface area contributed by atoms with Crippen LogP contribution >= 0.6 is 0 Å². The number of rotatable bonds is 7. The second-order valence-electron chi connectivity index (χ2n) is 6.41. The highest BCUT2D eigenvalue weighted by atomic mass is 16.4. The number of carbonyl (C=O) groups excluding carboxylic acids is 2. The van der Waals surface area contributed by atoms with Crippen molar-refractivity contribution in [1.82, 2.24) is 20.3 Å². The van der Waals surface area contributed by atoms with Crippen molar-refractivity contribution in [2.75, 3.05) is 11.4 Å². The molecule has 1 aromatic heterocycles. The van der Waals surface area contributed by atoms with Crippen LogP contribution in [0.25, 0.3) is 0 Å². The molecule has 1 unspecified atom stereocenters. The van der Waals surface area contributed by atoms with Crippen LogP contribution in [0.5, 0.6) is 0 Å². The molecule has 1 atom stereocenters. The number of anilines is 1. The van der Waals surface area contributed by atoms with E-state index in [9.17, 15) is 14.4 Å². The van der Waals surface area contributed by atoms with Gasteiger partial charge in [0.25, 0.3) is 0 Å². The quantitative estimate of drug-likeness (QED) is 0.736. The van der Waals surface area contributed by atoms with Crippen LogP contribution in [0.4, 0.5) is 5.69 Å². The molecule has 0 saturated carbocycles. The predicted octanol–water partition coefficient (Wildman–Crippen LogP) is 0.594. The maximum absolute atomic E-state index is 12.4. The van der Waals surface area contributed by atoms with E-state index in [1.165, 1.54) is 10.9 Å². The van der Waals surface area contributed by atoms with Gasteiger partial charge in [-0.2, -0.15) is 0 Å². The lowest BCUT2D eigenvalue weighted by atomic mass is 10.1. The number of carbonyl (C=O) groups is 3. The first-order valence-electron chi connectivity index (χ1n) is 8.74. The number of hydrogen-bond acceptors (Lipinski definition) is 5. The van der Waals surface area contributed by atoms with E-state index in [-0.39, 0.29) is 31.3 Å². The largest absolute Gasteiger partial charge is 0.480 e. The molecule has 2 N–H and O–H groups in total. The van der Waals surface area contributed by atoms with Gasteiger partial charge in [-0.1, -0.05) is 30.3 Å². The standard InChI is InChI=1S/C18H21N5O4/c1-2-12-5-3-4-6-15(12)23-9-13(7-16(23)24)18(27)19-8-14-10-22(21-20-14)11-17(25)26/h3-6,10,13H,2,7-9,11H2,1H3,(H,19,27)(H,25,26). The summed E-state index contributed by atoms with van der Waals surface area (Å²) in [6.07, 6.45) is 2.44. The van der Waals surface area contributed by atoms with E-state index in [2.05, 4.69) is 15.6 Å². The number of carboxylic acids is 1. The van der Waals surface area contributed by atoms with E-state index in [1.807, 2.05) is 31.2 Å². The lowest BCUT2D eigenvalue weighted by molar-refractivity contribution is -0.138. The molecule has 9 heteroatoms. The van der Waals surface area contributed by atoms with E-state index < -0.39 is 11.9 Å². The highest BCUT2D eigenvalue weighted by molar-refractivity contribution is 6.00. The number of nitrogens with one attached hydrogen (secondary N) is 1. The lowest BCUT2D eigenvalue weighted by Gasteiger charge is -2.19. The molecule has 2 aromatic rings. The van der Waals surface area contributed by atoms with Crippen molar-refractivity contribution in [3.8, 4) is 0 Å². The van der Waals surface area contributed by atoms with Crippen LogP contribution in [0.15, 0.2) is 30.5 Å². The zero-order valence-corrected chi connectivity index (χ0v) is 15.0. The molecule has 1 aliphatic heterocycles. The fourth-order valence-electron chi connectivity index (χ4n) is 3.15. The zero-order chi connectivity index (χ0) is 19.4. The number of hydrogen-bond donors (Lipinski definition) is 2. The lowest BCUT2D eigenvalue weighted by Crippen LogP contribution is -2.33. The van der Waals surface area contributed by atoms with E-state index in [1.54, 1.807) is 4.90 Å². The summed E-state index contributed by atoms with van der Waals surface area (Å²) in [6, 6.07) is 7.70. The molecular weight excluding hydrogens is 350 g/mol. The van der Waals surface area contributed by atoms with Crippen molar-refractivity contribution in [1.29, 1.82) is 0 Å². The van der Waals surface area contributed by atoms with Gasteiger partial charge in [-0.05, 0) is 18.1 Å². The third kappa shape index (κ3) is 4.30. The first-order chi connectivity index (χ1) is 13.0. The second kappa shape index (κ2) is 7.98. The SMILES string of the molecule is CCc1ccccc1N1CC(C(=O)NCc2cn(CC(=O)O)nn2)CC1=O. The maximum atomic E-state index is 12.4. The molecule has 142 valence electrons. The Balaban J connectivity index is 1.59. The Labute approximate surface area is 156 Å². The van der Waals surface area contributed by atoms with E-state index in [0.29, 0.717) is 12.2 Å². The minimum atomic E-state index is -1.02. The molecule has 9 nitrogen and oxygen atoms in total. The number of carboxylic acid groups (broad SMARTS) is 1. The van der Waals surface area contributed by atoms with E-state index in [0.717, 1.165) is 17.7 Å². The predicted molar refractivity (Wildman–Crippen MR) is 95.8 cm³/mol. The van der Waals surface area contributed by atoms with Crippen molar-refractivity contribution in [3.63, 3.8) is 0 Å². The molecule has 1 aliphatic rings. The van der Waals surface area contributed by atoms with Crippen molar-refractivity contribution in [2.24, 2.45) is 5.92 Å². The molecular formula is C18H21N5O4. The molecule has 0 bridgehead atoms. The van der Waals surface area contributed by atoms with E-state index in [4.69, 9.17) is 5.11 Å². The second-order valence-corrected chi connectivity index (χ2v) is 6.41. The Bertz CT molecular complexity index is 863. The fraction of sp³-hybridized carbons (Fsp3) is 0.389. The summed E-state index contributed by atoms with van der Waals surface area (Å²) in [5, 5.41) is 19.0. The first-order valence-corrected chi connectivity index (χ1v) is 8.74. The fourth-order valence-corrected chi connectivity index (χ4v) is 3.15. The van der Waals surface area contributed by atoms with Gasteiger partial charge in [0, 0.05) is 18.7 Å². The van der Waals surface area contributed by atoms with Crippen LogP contribution in [0.3, 0.4) is 0 Å². The molecule has 2 amide bonds. The van der Waals surface area contributed by atoms with Crippen LogP contribution in [-0.2, 0) is 33.9 Å². The van der Waals surface area contributed by atoms with Gasteiger partial charge in [-0.3, -0.25) is 14.4 Å². The summed E-state index contributed by atoms with van der Waals surface area (Å²) >= 11 is 0. The minimum absolute atomic E-state index is 0.0662. The van der Waals surface area contributed by atoms with Gasteiger partial charge in [0.05, 0.1) is 18.7 Å². The number of aliphatic carboxylic acids is 1. The van der Waals surface area contributed by atoms with Gasteiger partial charge in [0.15, 0.2) is 0 Å². The van der Waals surface area contributed by atoms with Gasteiger partial charge < -0.3 is 15.3 Å². The van der Waals surface area contributed by atoms with Crippen molar-refractivity contribution in [3.05, 3.63) is 41.7 Å². The molecule has 0 aliphatic carbocycles.